The highest BCUT2D eigenvalue weighted by Gasteiger charge is 2.21. The minimum absolute atomic E-state index is 0.137. The van der Waals surface area contributed by atoms with Gasteiger partial charge < -0.3 is 15.3 Å². The van der Waals surface area contributed by atoms with Crippen molar-refractivity contribution in [2.45, 2.75) is 32.7 Å². The maximum atomic E-state index is 11.9. The molecule has 6 nitrogen and oxygen atoms in total. The lowest BCUT2D eigenvalue weighted by Crippen LogP contribution is -2.51. The molecule has 2 N–H and O–H groups in total. The highest BCUT2D eigenvalue weighted by molar-refractivity contribution is 5.78. The Morgan fingerprint density at radius 2 is 1.89 bits per heavy atom. The second-order valence-electron chi connectivity index (χ2n) is 5.06. The number of carbonyl (C=O) groups is 2. The highest BCUT2D eigenvalue weighted by Crippen LogP contribution is 2.03. The summed E-state index contributed by atoms with van der Waals surface area (Å²) in [6, 6.07) is 0.362. The number of rotatable bonds is 7. The summed E-state index contributed by atoms with van der Waals surface area (Å²) in [7, 11) is 0. The van der Waals surface area contributed by atoms with E-state index in [1.807, 2.05) is 4.90 Å². The maximum absolute atomic E-state index is 11.9. The van der Waals surface area contributed by atoms with Crippen molar-refractivity contribution in [3.8, 4) is 0 Å². The number of nitrogens with one attached hydrogen (secondary N) is 1. The summed E-state index contributed by atoms with van der Waals surface area (Å²) in [5, 5.41) is 11.8. The van der Waals surface area contributed by atoms with Crippen molar-refractivity contribution in [1.29, 1.82) is 0 Å². The molecule has 1 aliphatic heterocycles. The fourth-order valence-corrected chi connectivity index (χ4v) is 1.99. The molecule has 6 heteroatoms. The van der Waals surface area contributed by atoms with E-state index in [4.69, 9.17) is 5.11 Å². The van der Waals surface area contributed by atoms with Gasteiger partial charge in [-0.05, 0) is 13.3 Å². The Morgan fingerprint density at radius 3 is 2.42 bits per heavy atom. The van der Waals surface area contributed by atoms with Gasteiger partial charge in [0.05, 0.1) is 13.0 Å². The molecule has 1 atom stereocenters. The van der Waals surface area contributed by atoms with Crippen LogP contribution in [0.15, 0.2) is 0 Å². The van der Waals surface area contributed by atoms with Gasteiger partial charge in [0.15, 0.2) is 0 Å². The van der Waals surface area contributed by atoms with Crippen LogP contribution in [0.5, 0.6) is 0 Å². The summed E-state index contributed by atoms with van der Waals surface area (Å²) in [6.07, 6.45) is 1.18. The Morgan fingerprint density at radius 1 is 1.26 bits per heavy atom. The topological polar surface area (TPSA) is 72.9 Å². The molecule has 0 aliphatic carbocycles. The number of hydrogen-bond acceptors (Lipinski definition) is 4. The van der Waals surface area contributed by atoms with Crippen molar-refractivity contribution in [2.24, 2.45) is 0 Å². The molecule has 1 fully saturated rings. The SMILES string of the molecule is CCC(C)NCC(=O)N1CCN(CCC(=O)O)CC1. The monoisotopic (exact) mass is 271 g/mol. The number of carboxylic acids is 1. The molecule has 0 spiro atoms. The van der Waals surface area contributed by atoms with Crippen LogP contribution in [0.2, 0.25) is 0 Å². The summed E-state index contributed by atoms with van der Waals surface area (Å²) >= 11 is 0. The molecular formula is C13H25N3O3. The van der Waals surface area contributed by atoms with E-state index in [1.165, 1.54) is 0 Å². The van der Waals surface area contributed by atoms with Gasteiger partial charge in [-0.25, -0.2) is 0 Å². The van der Waals surface area contributed by atoms with Crippen LogP contribution in [0.1, 0.15) is 26.7 Å². The molecule has 1 amide bonds. The first-order chi connectivity index (χ1) is 9.02. The molecule has 1 rings (SSSR count). The molecular weight excluding hydrogens is 246 g/mol. The molecule has 0 bridgehead atoms. The number of carbonyl (C=O) groups excluding carboxylic acids is 1. The minimum atomic E-state index is -0.767. The maximum Gasteiger partial charge on any atom is 0.304 e. The zero-order chi connectivity index (χ0) is 14.3. The molecule has 0 aromatic rings. The molecule has 0 aromatic heterocycles. The normalized spacial score (nSPS) is 18.3. The van der Waals surface area contributed by atoms with Crippen LogP contribution in [-0.4, -0.2) is 72.1 Å². The van der Waals surface area contributed by atoms with Crippen LogP contribution >= 0.6 is 0 Å². The lowest BCUT2D eigenvalue weighted by atomic mass is 10.2. The Labute approximate surface area is 114 Å². The minimum Gasteiger partial charge on any atom is -0.481 e. The second-order valence-corrected chi connectivity index (χ2v) is 5.06. The Kier molecular flexibility index (Phi) is 6.80. The van der Waals surface area contributed by atoms with Gasteiger partial charge in [-0.3, -0.25) is 14.5 Å². The molecule has 1 unspecified atom stereocenters. The molecule has 110 valence electrons. The molecule has 0 radical (unpaired) electrons. The lowest BCUT2D eigenvalue weighted by Gasteiger charge is -2.34. The number of amides is 1. The zero-order valence-corrected chi connectivity index (χ0v) is 11.9. The largest absolute Gasteiger partial charge is 0.481 e. The molecule has 1 saturated heterocycles. The van der Waals surface area contributed by atoms with Crippen molar-refractivity contribution in [3.05, 3.63) is 0 Å². The number of piperazine rings is 1. The van der Waals surface area contributed by atoms with Crippen molar-refractivity contribution in [2.75, 3.05) is 39.3 Å². The van der Waals surface area contributed by atoms with Crippen LogP contribution in [-0.2, 0) is 9.59 Å². The van der Waals surface area contributed by atoms with Crippen molar-refractivity contribution in [1.82, 2.24) is 15.1 Å². The third-order valence-electron chi connectivity index (χ3n) is 3.58. The summed E-state index contributed by atoms with van der Waals surface area (Å²) in [6.45, 7) is 8.04. The third-order valence-corrected chi connectivity index (χ3v) is 3.58. The Bertz CT molecular complexity index is 302. The van der Waals surface area contributed by atoms with E-state index in [-0.39, 0.29) is 12.3 Å². The van der Waals surface area contributed by atoms with E-state index in [9.17, 15) is 9.59 Å². The van der Waals surface area contributed by atoms with E-state index < -0.39 is 5.97 Å². The van der Waals surface area contributed by atoms with Gasteiger partial charge in [-0.2, -0.15) is 0 Å². The summed E-state index contributed by atoms with van der Waals surface area (Å²) < 4.78 is 0. The van der Waals surface area contributed by atoms with Crippen LogP contribution in [0.4, 0.5) is 0 Å². The Balaban J connectivity index is 2.21. The molecule has 19 heavy (non-hydrogen) atoms. The first kappa shape index (κ1) is 15.9. The zero-order valence-electron chi connectivity index (χ0n) is 11.9. The molecule has 1 aliphatic rings. The smallest absolute Gasteiger partial charge is 0.304 e. The second kappa shape index (κ2) is 8.12. The van der Waals surface area contributed by atoms with Gasteiger partial charge in [-0.1, -0.05) is 6.92 Å². The van der Waals surface area contributed by atoms with Gasteiger partial charge >= 0.3 is 5.97 Å². The number of aliphatic carboxylic acids is 1. The van der Waals surface area contributed by atoms with E-state index in [2.05, 4.69) is 24.1 Å². The van der Waals surface area contributed by atoms with E-state index in [0.717, 1.165) is 19.5 Å². The standard InChI is InChI=1S/C13H25N3O3/c1-3-11(2)14-10-12(17)16-8-6-15(7-9-16)5-4-13(18)19/h11,14H,3-10H2,1-2H3,(H,18,19). The van der Waals surface area contributed by atoms with Crippen molar-refractivity contribution < 1.29 is 14.7 Å². The van der Waals surface area contributed by atoms with Crippen molar-refractivity contribution in [3.63, 3.8) is 0 Å². The quantitative estimate of drug-likeness (QED) is 0.681. The lowest BCUT2D eigenvalue weighted by molar-refractivity contribution is -0.138. The van der Waals surface area contributed by atoms with Gasteiger partial charge in [0, 0.05) is 38.8 Å². The van der Waals surface area contributed by atoms with E-state index >= 15 is 0 Å². The van der Waals surface area contributed by atoms with E-state index in [1.54, 1.807) is 0 Å². The summed E-state index contributed by atoms with van der Waals surface area (Å²) in [5.74, 6) is -0.630. The Hall–Kier alpha value is -1.14. The van der Waals surface area contributed by atoms with E-state index in [0.29, 0.717) is 32.2 Å². The highest BCUT2D eigenvalue weighted by atomic mass is 16.4. The molecule has 0 saturated carbocycles. The van der Waals surface area contributed by atoms with Crippen LogP contribution in [0.25, 0.3) is 0 Å². The van der Waals surface area contributed by atoms with Crippen LogP contribution in [0, 0.1) is 0 Å². The van der Waals surface area contributed by atoms with Gasteiger partial charge in [-0.15, -0.1) is 0 Å². The van der Waals surface area contributed by atoms with Gasteiger partial charge in [0.25, 0.3) is 0 Å². The number of carboxylic acid groups (broad SMARTS) is 1. The third kappa shape index (κ3) is 6.02. The summed E-state index contributed by atoms with van der Waals surface area (Å²) in [4.78, 5) is 26.4. The molecule has 1 heterocycles. The van der Waals surface area contributed by atoms with Crippen LogP contribution in [0.3, 0.4) is 0 Å². The average molecular weight is 271 g/mol. The first-order valence-electron chi connectivity index (χ1n) is 6.98. The van der Waals surface area contributed by atoms with Crippen LogP contribution < -0.4 is 5.32 Å². The van der Waals surface area contributed by atoms with Gasteiger partial charge in [0.2, 0.25) is 5.91 Å². The first-order valence-corrected chi connectivity index (χ1v) is 6.98. The molecule has 0 aromatic carbocycles. The van der Waals surface area contributed by atoms with Gasteiger partial charge in [0.1, 0.15) is 0 Å². The average Bonchev–Trinajstić information content (AvgIpc) is 2.42. The van der Waals surface area contributed by atoms with Crippen molar-refractivity contribution >= 4 is 11.9 Å². The fourth-order valence-electron chi connectivity index (χ4n) is 1.99. The number of nitrogens with zero attached hydrogens (tertiary/aromatic N) is 2. The summed E-state index contributed by atoms with van der Waals surface area (Å²) in [5.41, 5.74) is 0. The predicted octanol–water partition coefficient (Wildman–Crippen LogP) is -0.00660. The fraction of sp³-hybridized carbons (Fsp3) is 0.846. The predicted molar refractivity (Wildman–Crippen MR) is 73.0 cm³/mol. The number of hydrogen-bond donors (Lipinski definition) is 2.